The molecule has 3 aromatic rings. The second kappa shape index (κ2) is 9.96. The van der Waals surface area contributed by atoms with Gasteiger partial charge in [-0.1, -0.05) is 12.1 Å². The standard InChI is InChI=1S/C20H19N5O4S2/c1-2-29-18(26)16-6-3-4-7-17(16)24-20(30)23-14-8-10-15(11-9-14)31(27,28)25-19-21-12-5-13-22-19/h3-13H,2H2,1H3,(H,21,22,25)(H2,23,24,30). The van der Waals surface area contributed by atoms with Gasteiger partial charge in [-0.15, -0.1) is 0 Å². The van der Waals surface area contributed by atoms with Gasteiger partial charge >= 0.3 is 5.97 Å². The summed E-state index contributed by atoms with van der Waals surface area (Å²) in [5.41, 5.74) is 1.40. The summed E-state index contributed by atoms with van der Waals surface area (Å²) in [7, 11) is -3.83. The van der Waals surface area contributed by atoms with E-state index in [9.17, 15) is 13.2 Å². The topological polar surface area (TPSA) is 122 Å². The molecule has 3 N–H and O–H groups in total. The Kier molecular flexibility index (Phi) is 7.11. The van der Waals surface area contributed by atoms with E-state index in [1.54, 1.807) is 49.4 Å². The molecule has 2 aromatic carbocycles. The number of benzene rings is 2. The number of aromatic nitrogens is 2. The highest BCUT2D eigenvalue weighted by Gasteiger charge is 2.16. The van der Waals surface area contributed by atoms with E-state index in [4.69, 9.17) is 17.0 Å². The Morgan fingerprint density at radius 3 is 2.35 bits per heavy atom. The lowest BCUT2D eigenvalue weighted by Gasteiger charge is -2.14. The maximum atomic E-state index is 12.4. The van der Waals surface area contributed by atoms with Crippen molar-refractivity contribution in [2.45, 2.75) is 11.8 Å². The van der Waals surface area contributed by atoms with Crippen LogP contribution in [0.5, 0.6) is 0 Å². The van der Waals surface area contributed by atoms with E-state index in [1.807, 2.05) is 0 Å². The van der Waals surface area contributed by atoms with Gasteiger partial charge in [0.1, 0.15) is 0 Å². The number of rotatable bonds is 7. The number of hydrogen-bond donors (Lipinski definition) is 3. The summed E-state index contributed by atoms with van der Waals surface area (Å²) < 4.78 is 32.2. The minimum atomic E-state index is -3.83. The minimum absolute atomic E-state index is 0.0182. The molecule has 3 rings (SSSR count). The largest absolute Gasteiger partial charge is 0.462 e. The highest BCUT2D eigenvalue weighted by molar-refractivity contribution is 7.92. The minimum Gasteiger partial charge on any atom is -0.462 e. The van der Waals surface area contributed by atoms with Crippen molar-refractivity contribution < 1.29 is 17.9 Å². The number of ether oxygens (including phenoxy) is 1. The molecule has 1 heterocycles. The molecule has 1 aromatic heterocycles. The molecule has 160 valence electrons. The van der Waals surface area contributed by atoms with Crippen molar-refractivity contribution in [3.05, 3.63) is 72.6 Å². The van der Waals surface area contributed by atoms with Crippen LogP contribution in [-0.2, 0) is 14.8 Å². The van der Waals surface area contributed by atoms with Crippen LogP contribution in [0.15, 0.2) is 71.9 Å². The molecule has 11 heteroatoms. The quantitative estimate of drug-likeness (QED) is 0.362. The van der Waals surface area contributed by atoms with E-state index in [0.717, 1.165) is 0 Å². The molecule has 0 radical (unpaired) electrons. The smallest absolute Gasteiger partial charge is 0.340 e. The van der Waals surface area contributed by atoms with Crippen LogP contribution in [0.25, 0.3) is 0 Å². The van der Waals surface area contributed by atoms with Crippen LogP contribution in [0.2, 0.25) is 0 Å². The molecule has 0 saturated heterocycles. The number of anilines is 3. The first-order valence-electron chi connectivity index (χ1n) is 9.13. The van der Waals surface area contributed by atoms with E-state index in [-0.39, 0.29) is 22.6 Å². The van der Waals surface area contributed by atoms with Crippen molar-refractivity contribution in [1.82, 2.24) is 9.97 Å². The molecule has 0 unspecified atom stereocenters. The number of para-hydroxylation sites is 1. The summed E-state index contributed by atoms with van der Waals surface area (Å²) in [5.74, 6) is -0.479. The number of hydrogen-bond acceptors (Lipinski definition) is 7. The average molecular weight is 458 g/mol. The lowest BCUT2D eigenvalue weighted by Crippen LogP contribution is -2.21. The van der Waals surface area contributed by atoms with Crippen LogP contribution in [0.4, 0.5) is 17.3 Å². The fourth-order valence-corrected chi connectivity index (χ4v) is 3.70. The zero-order valence-electron chi connectivity index (χ0n) is 16.4. The first-order chi connectivity index (χ1) is 14.9. The predicted molar refractivity (Wildman–Crippen MR) is 122 cm³/mol. The third kappa shape index (κ3) is 5.96. The summed E-state index contributed by atoms with van der Waals surface area (Å²) in [4.78, 5) is 19.8. The van der Waals surface area contributed by atoms with Crippen molar-refractivity contribution in [3.63, 3.8) is 0 Å². The Balaban J connectivity index is 1.66. The summed E-state index contributed by atoms with van der Waals surface area (Å²) in [6, 6.07) is 14.4. The predicted octanol–water partition coefficient (Wildman–Crippen LogP) is 3.26. The van der Waals surface area contributed by atoms with Crippen molar-refractivity contribution in [2.75, 3.05) is 22.0 Å². The first-order valence-corrected chi connectivity index (χ1v) is 11.0. The third-order valence-corrected chi connectivity index (χ3v) is 5.43. The van der Waals surface area contributed by atoms with Crippen molar-refractivity contribution in [3.8, 4) is 0 Å². The van der Waals surface area contributed by atoms with Crippen LogP contribution < -0.4 is 15.4 Å². The molecule has 0 amide bonds. The first kappa shape index (κ1) is 22.1. The molecule has 0 spiro atoms. The fraction of sp³-hybridized carbons (Fsp3) is 0.100. The maximum absolute atomic E-state index is 12.4. The molecule has 9 nitrogen and oxygen atoms in total. The van der Waals surface area contributed by atoms with Gasteiger partial charge in [-0.05, 0) is 61.6 Å². The van der Waals surface area contributed by atoms with Gasteiger partial charge in [-0.3, -0.25) is 0 Å². The van der Waals surface area contributed by atoms with Crippen LogP contribution in [0.1, 0.15) is 17.3 Å². The lowest BCUT2D eigenvalue weighted by molar-refractivity contribution is 0.0527. The van der Waals surface area contributed by atoms with Crippen molar-refractivity contribution in [2.24, 2.45) is 0 Å². The normalized spacial score (nSPS) is 10.7. The number of nitrogens with one attached hydrogen (secondary N) is 3. The number of thiocarbonyl (C=S) groups is 1. The highest BCUT2D eigenvalue weighted by atomic mass is 32.2. The van der Waals surface area contributed by atoms with Gasteiger partial charge in [-0.25, -0.2) is 27.9 Å². The summed E-state index contributed by atoms with van der Waals surface area (Å²) in [6.45, 7) is 1.99. The Morgan fingerprint density at radius 1 is 1.00 bits per heavy atom. The van der Waals surface area contributed by atoms with Gasteiger partial charge in [-0.2, -0.15) is 0 Å². The molecule has 31 heavy (non-hydrogen) atoms. The Labute approximate surface area is 184 Å². The zero-order valence-corrected chi connectivity index (χ0v) is 18.0. The molecular formula is C20H19N5O4S2. The summed E-state index contributed by atoms with van der Waals surface area (Å²) >= 11 is 5.30. The molecule has 0 saturated carbocycles. The van der Waals surface area contributed by atoms with Crippen LogP contribution in [0.3, 0.4) is 0 Å². The third-order valence-electron chi connectivity index (χ3n) is 3.88. The van der Waals surface area contributed by atoms with Gasteiger partial charge in [0.05, 0.1) is 22.8 Å². The van der Waals surface area contributed by atoms with Crippen LogP contribution in [-0.4, -0.2) is 36.1 Å². The molecule has 0 aliphatic heterocycles. The highest BCUT2D eigenvalue weighted by Crippen LogP contribution is 2.19. The average Bonchev–Trinajstić information content (AvgIpc) is 2.75. The second-order valence-electron chi connectivity index (χ2n) is 6.05. The van der Waals surface area contributed by atoms with E-state index >= 15 is 0 Å². The molecule has 0 aliphatic carbocycles. The van der Waals surface area contributed by atoms with Crippen LogP contribution >= 0.6 is 12.2 Å². The number of sulfonamides is 1. The SMILES string of the molecule is CCOC(=O)c1ccccc1NC(=S)Nc1ccc(S(=O)(=O)Nc2ncccn2)cc1. The molecule has 0 aliphatic rings. The maximum Gasteiger partial charge on any atom is 0.340 e. The molecule has 0 atom stereocenters. The molecular weight excluding hydrogens is 438 g/mol. The Hall–Kier alpha value is -3.57. The van der Waals surface area contributed by atoms with Gasteiger partial charge in [0.25, 0.3) is 10.0 Å². The molecule has 0 bridgehead atoms. The van der Waals surface area contributed by atoms with Gasteiger partial charge in [0, 0.05) is 18.1 Å². The number of nitrogens with zero attached hydrogens (tertiary/aromatic N) is 2. The number of carbonyl (C=O) groups is 1. The number of carbonyl (C=O) groups excluding carboxylic acids is 1. The van der Waals surface area contributed by atoms with E-state index in [2.05, 4.69) is 25.3 Å². The fourth-order valence-electron chi connectivity index (χ4n) is 2.51. The summed E-state index contributed by atoms with van der Waals surface area (Å²) in [5, 5.41) is 6.12. The van der Waals surface area contributed by atoms with E-state index in [1.165, 1.54) is 24.5 Å². The molecule has 0 fully saturated rings. The van der Waals surface area contributed by atoms with E-state index < -0.39 is 16.0 Å². The number of esters is 1. The lowest BCUT2D eigenvalue weighted by atomic mass is 10.2. The van der Waals surface area contributed by atoms with Gasteiger partial charge < -0.3 is 15.4 Å². The second-order valence-corrected chi connectivity index (χ2v) is 8.14. The Bertz CT molecular complexity index is 1170. The van der Waals surface area contributed by atoms with E-state index in [0.29, 0.717) is 16.9 Å². The monoisotopic (exact) mass is 457 g/mol. The van der Waals surface area contributed by atoms with Crippen molar-refractivity contribution >= 4 is 50.6 Å². The zero-order chi connectivity index (χ0) is 22.3. The summed E-state index contributed by atoms with van der Waals surface area (Å²) in [6.07, 6.45) is 2.87. The Morgan fingerprint density at radius 2 is 1.68 bits per heavy atom. The van der Waals surface area contributed by atoms with Gasteiger partial charge in [0.2, 0.25) is 5.95 Å². The van der Waals surface area contributed by atoms with Crippen LogP contribution in [0, 0.1) is 0 Å². The van der Waals surface area contributed by atoms with Gasteiger partial charge in [0.15, 0.2) is 5.11 Å². The van der Waals surface area contributed by atoms with Crippen molar-refractivity contribution in [1.29, 1.82) is 0 Å².